The first-order chi connectivity index (χ1) is 8.08. The van der Waals surface area contributed by atoms with Gasteiger partial charge >= 0.3 is 0 Å². The largest absolute Gasteiger partial charge is 0.391 e. The van der Waals surface area contributed by atoms with E-state index >= 15 is 0 Å². The number of fused-ring (bicyclic) bond motifs is 1. The van der Waals surface area contributed by atoms with E-state index < -0.39 is 6.10 Å². The number of carbonyl (C=O) groups is 1. The van der Waals surface area contributed by atoms with Gasteiger partial charge in [-0.3, -0.25) is 4.79 Å². The molecule has 0 aliphatic heterocycles. The molecule has 0 radical (unpaired) electrons. The van der Waals surface area contributed by atoms with Crippen molar-refractivity contribution >= 4 is 5.91 Å². The lowest BCUT2D eigenvalue weighted by atomic mass is 10.1. The molecule has 4 heteroatoms. The van der Waals surface area contributed by atoms with Gasteiger partial charge in [-0.15, -0.1) is 0 Å². The molecule has 4 nitrogen and oxygen atoms in total. The van der Waals surface area contributed by atoms with Crippen LogP contribution < -0.4 is 11.1 Å². The summed E-state index contributed by atoms with van der Waals surface area (Å²) in [5, 5.41) is 13.3. The van der Waals surface area contributed by atoms with E-state index in [1.54, 1.807) is 0 Å². The summed E-state index contributed by atoms with van der Waals surface area (Å²) in [4.78, 5) is 10.8. The van der Waals surface area contributed by atoms with Crippen molar-refractivity contribution in [1.82, 2.24) is 5.32 Å². The highest BCUT2D eigenvalue weighted by atomic mass is 16.3. The summed E-state index contributed by atoms with van der Waals surface area (Å²) in [7, 11) is 0. The maximum Gasteiger partial charge on any atom is 0.218 e. The molecule has 3 atom stereocenters. The van der Waals surface area contributed by atoms with Crippen molar-refractivity contribution in [3.8, 4) is 0 Å². The first-order valence-electron chi connectivity index (χ1n) is 5.88. The van der Waals surface area contributed by atoms with Crippen molar-refractivity contribution in [1.29, 1.82) is 0 Å². The monoisotopic (exact) mass is 234 g/mol. The van der Waals surface area contributed by atoms with E-state index in [2.05, 4.69) is 5.32 Å². The Balaban J connectivity index is 2.09. The number of benzene rings is 1. The molecule has 3 unspecified atom stereocenters. The third-order valence-electron chi connectivity index (χ3n) is 3.18. The third kappa shape index (κ3) is 2.65. The molecule has 1 aromatic rings. The minimum atomic E-state index is -0.428. The van der Waals surface area contributed by atoms with Crippen molar-refractivity contribution in [2.45, 2.75) is 38.0 Å². The molecule has 0 bridgehead atoms. The summed E-state index contributed by atoms with van der Waals surface area (Å²) in [6, 6.07) is 7.85. The van der Waals surface area contributed by atoms with E-state index in [-0.39, 0.29) is 24.4 Å². The molecule has 1 aliphatic rings. The summed E-state index contributed by atoms with van der Waals surface area (Å²) < 4.78 is 0. The molecule has 1 aliphatic carbocycles. The first kappa shape index (κ1) is 12.1. The molecule has 4 N–H and O–H groups in total. The van der Waals surface area contributed by atoms with E-state index in [1.165, 1.54) is 5.56 Å². The number of nitrogens with one attached hydrogen (secondary N) is 1. The summed E-state index contributed by atoms with van der Waals surface area (Å²) in [5.41, 5.74) is 7.45. The van der Waals surface area contributed by atoms with Crippen molar-refractivity contribution in [2.75, 3.05) is 0 Å². The average Bonchev–Trinajstić information content (AvgIpc) is 2.55. The Labute approximate surface area is 101 Å². The van der Waals surface area contributed by atoms with Crippen LogP contribution in [0.5, 0.6) is 0 Å². The van der Waals surface area contributed by atoms with Crippen molar-refractivity contribution < 1.29 is 9.90 Å². The number of carbonyl (C=O) groups excluding carboxylic acids is 1. The fourth-order valence-corrected chi connectivity index (χ4v) is 2.44. The lowest BCUT2D eigenvalue weighted by molar-refractivity contribution is -0.118. The molecule has 0 fully saturated rings. The lowest BCUT2D eigenvalue weighted by Gasteiger charge is -2.22. The summed E-state index contributed by atoms with van der Waals surface area (Å²) in [6.45, 7) is 1.90. The van der Waals surface area contributed by atoms with Crippen LogP contribution in [0, 0.1) is 0 Å². The minimum Gasteiger partial charge on any atom is -0.391 e. The van der Waals surface area contributed by atoms with Crippen LogP contribution in [0.25, 0.3) is 0 Å². The third-order valence-corrected chi connectivity index (χ3v) is 3.18. The maximum absolute atomic E-state index is 10.8. The van der Waals surface area contributed by atoms with Gasteiger partial charge in [0, 0.05) is 18.9 Å². The summed E-state index contributed by atoms with van der Waals surface area (Å²) in [5.74, 6) is -0.328. The second-order valence-electron chi connectivity index (χ2n) is 4.69. The van der Waals surface area contributed by atoms with Gasteiger partial charge in [0.15, 0.2) is 0 Å². The van der Waals surface area contributed by atoms with E-state index in [9.17, 15) is 9.90 Å². The molecule has 0 saturated carbocycles. The number of rotatable bonds is 4. The van der Waals surface area contributed by atoms with Crippen LogP contribution in [-0.4, -0.2) is 23.2 Å². The second-order valence-corrected chi connectivity index (χ2v) is 4.69. The molecular weight excluding hydrogens is 216 g/mol. The van der Waals surface area contributed by atoms with Crippen LogP contribution in [0.2, 0.25) is 0 Å². The van der Waals surface area contributed by atoms with Crippen molar-refractivity contribution in [3.05, 3.63) is 35.4 Å². The predicted molar refractivity (Wildman–Crippen MR) is 65.3 cm³/mol. The maximum atomic E-state index is 10.8. The fraction of sp³-hybridized carbons (Fsp3) is 0.462. The molecule has 0 heterocycles. The minimum absolute atomic E-state index is 0.0293. The molecule has 2 rings (SSSR count). The number of hydrogen-bond acceptors (Lipinski definition) is 3. The summed E-state index contributed by atoms with van der Waals surface area (Å²) in [6.07, 6.45) is 0.519. The molecule has 0 saturated heterocycles. The van der Waals surface area contributed by atoms with E-state index in [0.29, 0.717) is 6.42 Å². The Morgan fingerprint density at radius 1 is 1.59 bits per heavy atom. The molecular formula is C13H18N2O2. The van der Waals surface area contributed by atoms with Crippen LogP contribution in [-0.2, 0) is 11.2 Å². The number of nitrogens with two attached hydrogens (primary N) is 1. The van der Waals surface area contributed by atoms with Crippen molar-refractivity contribution in [2.24, 2.45) is 5.73 Å². The topological polar surface area (TPSA) is 75.4 Å². The number of primary amides is 1. The highest BCUT2D eigenvalue weighted by Crippen LogP contribution is 2.31. The summed E-state index contributed by atoms with van der Waals surface area (Å²) >= 11 is 0. The molecule has 0 aromatic heterocycles. The molecule has 92 valence electrons. The zero-order chi connectivity index (χ0) is 12.4. The Morgan fingerprint density at radius 3 is 3.00 bits per heavy atom. The Morgan fingerprint density at radius 2 is 2.29 bits per heavy atom. The normalized spacial score (nSPS) is 24.4. The highest BCUT2D eigenvalue weighted by Gasteiger charge is 2.31. The van der Waals surface area contributed by atoms with Gasteiger partial charge in [0.2, 0.25) is 5.91 Å². The van der Waals surface area contributed by atoms with Gasteiger partial charge in [-0.1, -0.05) is 24.3 Å². The fourth-order valence-electron chi connectivity index (χ4n) is 2.44. The smallest absolute Gasteiger partial charge is 0.218 e. The zero-order valence-electron chi connectivity index (χ0n) is 9.89. The Bertz CT molecular complexity index is 420. The molecule has 1 amide bonds. The van der Waals surface area contributed by atoms with Crippen LogP contribution in [0.4, 0.5) is 0 Å². The number of amides is 1. The van der Waals surface area contributed by atoms with Crippen LogP contribution >= 0.6 is 0 Å². The molecule has 0 spiro atoms. The average molecular weight is 234 g/mol. The molecule has 1 aromatic carbocycles. The standard InChI is InChI=1S/C13H18N2O2/c1-8(6-12(14)17)15-13-10-5-3-2-4-9(10)7-11(13)16/h2-5,8,11,13,15-16H,6-7H2,1H3,(H2,14,17). The van der Waals surface area contributed by atoms with Gasteiger partial charge in [0.25, 0.3) is 0 Å². The zero-order valence-corrected chi connectivity index (χ0v) is 9.89. The van der Waals surface area contributed by atoms with Gasteiger partial charge < -0.3 is 16.2 Å². The SMILES string of the molecule is CC(CC(N)=O)NC1c2ccccc2CC1O. The number of aliphatic hydroxyl groups excluding tert-OH is 1. The first-order valence-corrected chi connectivity index (χ1v) is 5.88. The van der Waals surface area contributed by atoms with E-state index in [1.807, 2.05) is 31.2 Å². The van der Waals surface area contributed by atoms with Gasteiger partial charge in [-0.2, -0.15) is 0 Å². The van der Waals surface area contributed by atoms with Crippen LogP contribution in [0.1, 0.15) is 30.5 Å². The van der Waals surface area contributed by atoms with Crippen LogP contribution in [0.15, 0.2) is 24.3 Å². The van der Waals surface area contributed by atoms with E-state index in [4.69, 9.17) is 5.73 Å². The number of aliphatic hydroxyl groups is 1. The van der Waals surface area contributed by atoms with Crippen molar-refractivity contribution in [3.63, 3.8) is 0 Å². The Hall–Kier alpha value is -1.39. The molecule has 17 heavy (non-hydrogen) atoms. The quantitative estimate of drug-likeness (QED) is 0.710. The predicted octanol–water partition coefficient (Wildman–Crippen LogP) is 0.498. The second kappa shape index (κ2) is 4.85. The van der Waals surface area contributed by atoms with Gasteiger partial charge in [0.1, 0.15) is 0 Å². The number of hydrogen-bond donors (Lipinski definition) is 3. The lowest BCUT2D eigenvalue weighted by Crippen LogP contribution is -2.37. The van der Waals surface area contributed by atoms with Gasteiger partial charge in [-0.05, 0) is 18.1 Å². The van der Waals surface area contributed by atoms with E-state index in [0.717, 1.165) is 5.56 Å². The van der Waals surface area contributed by atoms with Crippen LogP contribution in [0.3, 0.4) is 0 Å². The highest BCUT2D eigenvalue weighted by molar-refractivity contribution is 5.74. The van der Waals surface area contributed by atoms with Gasteiger partial charge in [-0.25, -0.2) is 0 Å². The van der Waals surface area contributed by atoms with Gasteiger partial charge in [0.05, 0.1) is 12.1 Å². The Kier molecular flexibility index (Phi) is 3.45.